The van der Waals surface area contributed by atoms with Gasteiger partial charge in [0.1, 0.15) is 12.4 Å². The zero-order chi connectivity index (χ0) is 10.8. The van der Waals surface area contributed by atoms with E-state index in [4.69, 9.17) is 15.0 Å². The largest absolute Gasteiger partial charge is 0.473 e. The van der Waals surface area contributed by atoms with Gasteiger partial charge >= 0.3 is 0 Å². The predicted molar refractivity (Wildman–Crippen MR) is 53.1 cm³/mol. The van der Waals surface area contributed by atoms with Crippen molar-refractivity contribution in [2.45, 2.75) is 13.0 Å². The Hall–Kier alpha value is -1.62. The minimum absolute atomic E-state index is 0.106. The molecule has 1 aromatic carbocycles. The standard InChI is InChI=1S/C10H11FN2O2/c1-6(12)5-14-10-8-4-7(11)2-3-9(8)15-13-10/h2-4,6H,5,12H2,1H3. The molecule has 0 fully saturated rings. The molecule has 2 N–H and O–H groups in total. The van der Waals surface area contributed by atoms with Gasteiger partial charge in [-0.1, -0.05) is 0 Å². The van der Waals surface area contributed by atoms with E-state index in [1.807, 2.05) is 6.92 Å². The molecule has 2 rings (SSSR count). The maximum Gasteiger partial charge on any atom is 0.262 e. The highest BCUT2D eigenvalue weighted by Crippen LogP contribution is 2.25. The molecule has 80 valence electrons. The molecule has 1 aromatic heterocycles. The molecule has 0 saturated heterocycles. The highest BCUT2D eigenvalue weighted by atomic mass is 19.1. The number of hydrogen-bond acceptors (Lipinski definition) is 4. The van der Waals surface area contributed by atoms with Gasteiger partial charge in [-0.2, -0.15) is 0 Å². The second-order valence-corrected chi connectivity index (χ2v) is 3.42. The molecule has 4 nitrogen and oxygen atoms in total. The van der Waals surface area contributed by atoms with Gasteiger partial charge in [0.2, 0.25) is 0 Å². The van der Waals surface area contributed by atoms with E-state index in [0.717, 1.165) is 0 Å². The smallest absolute Gasteiger partial charge is 0.262 e. The van der Waals surface area contributed by atoms with Crippen LogP contribution in [0.2, 0.25) is 0 Å². The monoisotopic (exact) mass is 210 g/mol. The fraction of sp³-hybridized carbons (Fsp3) is 0.300. The summed E-state index contributed by atoms with van der Waals surface area (Å²) in [5.41, 5.74) is 6.02. The number of benzene rings is 1. The first-order valence-corrected chi connectivity index (χ1v) is 4.60. The van der Waals surface area contributed by atoms with E-state index in [1.54, 1.807) is 0 Å². The van der Waals surface area contributed by atoms with Crippen LogP contribution in [0, 0.1) is 5.82 Å². The molecule has 0 radical (unpaired) electrons. The number of fused-ring (bicyclic) bond motifs is 1. The van der Waals surface area contributed by atoms with Crippen molar-refractivity contribution in [1.29, 1.82) is 0 Å². The lowest BCUT2D eigenvalue weighted by molar-refractivity contribution is 0.268. The minimum atomic E-state index is -0.351. The van der Waals surface area contributed by atoms with Crippen LogP contribution in [-0.4, -0.2) is 17.8 Å². The summed E-state index contributed by atoms with van der Waals surface area (Å²) in [5.74, 6) is -0.0712. The SMILES string of the molecule is CC(N)COc1noc2ccc(F)cc12. The summed E-state index contributed by atoms with van der Waals surface area (Å²) >= 11 is 0. The minimum Gasteiger partial charge on any atom is -0.473 e. The summed E-state index contributed by atoms with van der Waals surface area (Å²) in [6.45, 7) is 2.13. The van der Waals surface area contributed by atoms with Crippen LogP contribution in [0.25, 0.3) is 11.0 Å². The molecule has 0 aliphatic carbocycles. The Kier molecular flexibility index (Phi) is 2.55. The molecule has 0 saturated carbocycles. The summed E-state index contributed by atoms with van der Waals surface area (Å²) in [5, 5.41) is 4.21. The fourth-order valence-electron chi connectivity index (χ4n) is 1.20. The van der Waals surface area contributed by atoms with Crippen molar-refractivity contribution in [2.24, 2.45) is 5.73 Å². The van der Waals surface area contributed by atoms with Crippen molar-refractivity contribution in [1.82, 2.24) is 5.16 Å². The number of rotatable bonds is 3. The molecule has 0 aliphatic rings. The second-order valence-electron chi connectivity index (χ2n) is 3.42. The van der Waals surface area contributed by atoms with E-state index in [0.29, 0.717) is 17.6 Å². The Labute approximate surface area is 85.8 Å². The molecule has 1 heterocycles. The van der Waals surface area contributed by atoms with Crippen LogP contribution in [0.3, 0.4) is 0 Å². The third-order valence-corrected chi connectivity index (χ3v) is 1.88. The van der Waals surface area contributed by atoms with Gasteiger partial charge in [0.05, 0.1) is 5.39 Å². The summed E-state index contributed by atoms with van der Waals surface area (Å²) in [4.78, 5) is 0. The Balaban J connectivity index is 2.31. The van der Waals surface area contributed by atoms with Crippen molar-refractivity contribution in [3.8, 4) is 5.88 Å². The Morgan fingerprint density at radius 2 is 2.40 bits per heavy atom. The maximum absolute atomic E-state index is 12.9. The average Bonchev–Trinajstić information content (AvgIpc) is 2.57. The van der Waals surface area contributed by atoms with Crippen molar-refractivity contribution >= 4 is 11.0 Å². The summed E-state index contributed by atoms with van der Waals surface area (Å²) in [6, 6.07) is 4.03. The summed E-state index contributed by atoms with van der Waals surface area (Å²) in [7, 11) is 0. The number of aromatic nitrogens is 1. The molecule has 0 aliphatic heterocycles. The molecule has 2 aromatic rings. The summed E-state index contributed by atoms with van der Waals surface area (Å²) < 4.78 is 23.2. The van der Waals surface area contributed by atoms with Gasteiger partial charge in [0.15, 0.2) is 5.58 Å². The lowest BCUT2D eigenvalue weighted by Crippen LogP contribution is -2.23. The first-order valence-electron chi connectivity index (χ1n) is 4.60. The lowest BCUT2D eigenvalue weighted by atomic mass is 10.2. The van der Waals surface area contributed by atoms with Gasteiger partial charge in [0.25, 0.3) is 5.88 Å². The van der Waals surface area contributed by atoms with E-state index in [2.05, 4.69) is 5.16 Å². The lowest BCUT2D eigenvalue weighted by Gasteiger charge is -2.04. The normalized spacial score (nSPS) is 13.0. The van der Waals surface area contributed by atoms with Gasteiger partial charge in [-0.3, -0.25) is 0 Å². The van der Waals surface area contributed by atoms with Crippen molar-refractivity contribution < 1.29 is 13.7 Å². The Morgan fingerprint density at radius 1 is 1.60 bits per heavy atom. The van der Waals surface area contributed by atoms with Gasteiger partial charge in [-0.25, -0.2) is 4.39 Å². The van der Waals surface area contributed by atoms with Crippen LogP contribution < -0.4 is 10.5 Å². The predicted octanol–water partition coefficient (Wildman–Crippen LogP) is 1.69. The van der Waals surface area contributed by atoms with E-state index in [9.17, 15) is 4.39 Å². The van der Waals surface area contributed by atoms with Crippen LogP contribution in [0.4, 0.5) is 4.39 Å². The molecule has 0 amide bonds. The molecule has 0 spiro atoms. The molecule has 5 heteroatoms. The van der Waals surface area contributed by atoms with Gasteiger partial charge in [-0.15, -0.1) is 0 Å². The van der Waals surface area contributed by atoms with Crippen LogP contribution in [-0.2, 0) is 0 Å². The first kappa shape index (κ1) is 9.92. The fourth-order valence-corrected chi connectivity index (χ4v) is 1.20. The van der Waals surface area contributed by atoms with Crippen LogP contribution >= 0.6 is 0 Å². The number of nitrogens with two attached hydrogens (primary N) is 1. The number of nitrogens with zero attached hydrogens (tertiary/aromatic N) is 1. The van der Waals surface area contributed by atoms with Gasteiger partial charge < -0.3 is 15.0 Å². The number of hydrogen-bond donors (Lipinski definition) is 1. The molecule has 1 unspecified atom stereocenters. The third kappa shape index (κ3) is 2.07. The van der Waals surface area contributed by atoms with E-state index >= 15 is 0 Å². The molecule has 1 atom stereocenters. The van der Waals surface area contributed by atoms with Crippen molar-refractivity contribution in [3.05, 3.63) is 24.0 Å². The number of ether oxygens (including phenoxy) is 1. The van der Waals surface area contributed by atoms with Gasteiger partial charge in [-0.05, 0) is 30.3 Å². The Bertz CT molecular complexity index is 467. The Morgan fingerprint density at radius 3 is 3.13 bits per heavy atom. The number of halogens is 1. The average molecular weight is 210 g/mol. The summed E-state index contributed by atoms with van der Waals surface area (Å²) in [6.07, 6.45) is 0. The van der Waals surface area contributed by atoms with Crippen LogP contribution in [0.15, 0.2) is 22.7 Å². The highest BCUT2D eigenvalue weighted by Gasteiger charge is 2.10. The molecular weight excluding hydrogens is 199 g/mol. The zero-order valence-electron chi connectivity index (χ0n) is 8.24. The quantitative estimate of drug-likeness (QED) is 0.837. The topological polar surface area (TPSA) is 61.3 Å². The third-order valence-electron chi connectivity index (χ3n) is 1.88. The first-order chi connectivity index (χ1) is 7.16. The molecule has 0 bridgehead atoms. The van der Waals surface area contributed by atoms with E-state index < -0.39 is 0 Å². The zero-order valence-corrected chi connectivity index (χ0v) is 8.24. The second kappa shape index (κ2) is 3.86. The van der Waals surface area contributed by atoms with Crippen LogP contribution in [0.1, 0.15) is 6.92 Å². The van der Waals surface area contributed by atoms with Crippen molar-refractivity contribution in [2.75, 3.05) is 6.61 Å². The van der Waals surface area contributed by atoms with Crippen molar-refractivity contribution in [3.63, 3.8) is 0 Å². The molecule has 15 heavy (non-hydrogen) atoms. The molecular formula is C10H11FN2O2. The van der Waals surface area contributed by atoms with Gasteiger partial charge in [0, 0.05) is 6.04 Å². The van der Waals surface area contributed by atoms with E-state index in [-0.39, 0.29) is 17.7 Å². The van der Waals surface area contributed by atoms with Crippen LogP contribution in [0.5, 0.6) is 5.88 Å². The van der Waals surface area contributed by atoms with E-state index in [1.165, 1.54) is 18.2 Å². The maximum atomic E-state index is 12.9. The highest BCUT2D eigenvalue weighted by molar-refractivity contribution is 5.81.